The molecule has 1 saturated heterocycles. The van der Waals surface area contributed by atoms with Crippen molar-refractivity contribution in [3.63, 3.8) is 0 Å². The van der Waals surface area contributed by atoms with E-state index in [1.807, 2.05) is 0 Å². The molecule has 1 N–H and O–H groups in total. The molecular weight excluding hydrogens is 460 g/mol. The fourth-order valence-corrected chi connectivity index (χ4v) is 6.11. The van der Waals surface area contributed by atoms with E-state index in [2.05, 4.69) is 15.5 Å². The van der Waals surface area contributed by atoms with Gasteiger partial charge in [0.25, 0.3) is 0 Å². The molecule has 1 aromatic heterocycles. The number of thioether (sulfide) groups is 1. The number of aromatic nitrogens is 2. The summed E-state index contributed by atoms with van der Waals surface area (Å²) in [4.78, 5) is 23.9. The number of hydrogen-bond donors (Lipinski definition) is 1. The smallest absolute Gasteiger partial charge is 0.316 e. The fraction of sp³-hybridized carbons (Fsp3) is 0.474. The zero-order valence-corrected chi connectivity index (χ0v) is 19.5. The molecule has 1 fully saturated rings. The van der Waals surface area contributed by atoms with Gasteiger partial charge in [0.1, 0.15) is 0 Å². The van der Waals surface area contributed by atoms with Crippen molar-refractivity contribution < 1.29 is 22.7 Å². The lowest BCUT2D eigenvalue weighted by molar-refractivity contribution is -0.139. The maximum absolute atomic E-state index is 12.7. The van der Waals surface area contributed by atoms with E-state index < -0.39 is 10.0 Å². The molecule has 1 aliphatic rings. The van der Waals surface area contributed by atoms with Crippen molar-refractivity contribution in [1.29, 1.82) is 0 Å². The molecular formula is C19H24N4O5S3. The van der Waals surface area contributed by atoms with Crippen molar-refractivity contribution in [1.82, 2.24) is 14.5 Å². The summed E-state index contributed by atoms with van der Waals surface area (Å²) in [6, 6.07) is 6.39. The van der Waals surface area contributed by atoms with Crippen molar-refractivity contribution in [2.75, 3.05) is 30.8 Å². The van der Waals surface area contributed by atoms with E-state index in [1.165, 1.54) is 27.4 Å². The number of sulfonamides is 1. The minimum atomic E-state index is -3.49. The molecule has 1 aromatic carbocycles. The first-order chi connectivity index (χ1) is 14.9. The van der Waals surface area contributed by atoms with Crippen LogP contribution in [0.2, 0.25) is 0 Å². The van der Waals surface area contributed by atoms with Crippen LogP contribution in [0.15, 0.2) is 33.5 Å². The molecule has 1 amide bonds. The minimum absolute atomic E-state index is 0.0783. The number of nitrogens with one attached hydrogen (secondary N) is 1. The van der Waals surface area contributed by atoms with Crippen LogP contribution in [0.4, 0.5) is 5.13 Å². The molecule has 0 radical (unpaired) electrons. The molecule has 0 saturated carbocycles. The number of esters is 1. The lowest BCUT2D eigenvalue weighted by Crippen LogP contribution is -2.35. The van der Waals surface area contributed by atoms with Gasteiger partial charge >= 0.3 is 5.97 Å². The molecule has 12 heteroatoms. The van der Waals surface area contributed by atoms with E-state index in [4.69, 9.17) is 4.74 Å². The molecule has 168 valence electrons. The average molecular weight is 485 g/mol. The topological polar surface area (TPSA) is 119 Å². The van der Waals surface area contributed by atoms with E-state index in [9.17, 15) is 18.0 Å². The monoisotopic (exact) mass is 484 g/mol. The SMILES string of the molecule is CCOC(=O)CSc1nnc(NC(=O)Cc2ccc(S(=O)(=O)N3CCCCC3)cc2)s1. The fourth-order valence-electron chi connectivity index (χ4n) is 3.02. The number of carbonyl (C=O) groups is 2. The van der Waals surface area contributed by atoms with Gasteiger partial charge in [-0.05, 0) is 37.5 Å². The molecule has 31 heavy (non-hydrogen) atoms. The molecule has 2 heterocycles. The maximum Gasteiger partial charge on any atom is 0.316 e. The second-order valence-corrected chi connectivity index (χ2v) is 10.9. The highest BCUT2D eigenvalue weighted by atomic mass is 32.2. The van der Waals surface area contributed by atoms with E-state index >= 15 is 0 Å². The molecule has 0 atom stereocenters. The normalized spacial score (nSPS) is 14.9. The zero-order chi connectivity index (χ0) is 22.3. The van der Waals surface area contributed by atoms with Crippen LogP contribution in [-0.4, -0.2) is 60.2 Å². The average Bonchev–Trinajstić information content (AvgIpc) is 3.20. The Kier molecular flexibility index (Phi) is 8.41. The number of anilines is 1. The molecule has 0 aliphatic carbocycles. The second kappa shape index (κ2) is 11.0. The largest absolute Gasteiger partial charge is 0.465 e. The van der Waals surface area contributed by atoms with Crippen LogP contribution in [-0.2, 0) is 30.8 Å². The Bertz CT molecular complexity index is 1000. The second-order valence-electron chi connectivity index (χ2n) is 6.80. The number of ether oxygens (including phenoxy) is 1. The van der Waals surface area contributed by atoms with Gasteiger partial charge in [-0.2, -0.15) is 4.31 Å². The Hall–Kier alpha value is -2.02. The van der Waals surface area contributed by atoms with E-state index in [0.29, 0.717) is 34.7 Å². The van der Waals surface area contributed by atoms with Crippen molar-refractivity contribution in [3.05, 3.63) is 29.8 Å². The quantitative estimate of drug-likeness (QED) is 0.328. The predicted molar refractivity (Wildman–Crippen MR) is 119 cm³/mol. The molecule has 1 aliphatic heterocycles. The van der Waals surface area contributed by atoms with E-state index in [1.54, 1.807) is 31.2 Å². The standard InChI is InChI=1S/C19H24N4O5S3/c1-2-28-17(25)13-29-19-22-21-18(30-19)20-16(24)12-14-6-8-15(9-7-14)31(26,27)23-10-4-3-5-11-23/h6-9H,2-5,10-13H2,1H3,(H,20,21,24). The van der Waals surface area contributed by atoms with Crippen LogP contribution in [0.3, 0.4) is 0 Å². The number of nitrogens with zero attached hydrogens (tertiary/aromatic N) is 3. The third kappa shape index (κ3) is 6.73. The number of carbonyl (C=O) groups excluding carboxylic acids is 2. The first kappa shape index (κ1) is 23.6. The molecule has 2 aromatic rings. The van der Waals surface area contributed by atoms with Gasteiger partial charge in [-0.15, -0.1) is 10.2 Å². The summed E-state index contributed by atoms with van der Waals surface area (Å²) in [6.45, 7) is 3.16. The van der Waals surface area contributed by atoms with Crippen molar-refractivity contribution in [3.8, 4) is 0 Å². The van der Waals surface area contributed by atoms with Gasteiger partial charge in [-0.1, -0.05) is 41.7 Å². The van der Waals surface area contributed by atoms with Crippen LogP contribution in [0, 0.1) is 0 Å². The van der Waals surface area contributed by atoms with Crippen molar-refractivity contribution >= 4 is 50.1 Å². The number of amides is 1. The van der Waals surface area contributed by atoms with Gasteiger partial charge in [0, 0.05) is 13.1 Å². The Morgan fingerprint density at radius 1 is 1.16 bits per heavy atom. The molecule has 3 rings (SSSR count). The third-order valence-corrected chi connectivity index (χ3v) is 8.37. The van der Waals surface area contributed by atoms with Crippen molar-refractivity contribution in [2.45, 2.75) is 41.8 Å². The van der Waals surface area contributed by atoms with E-state index in [-0.39, 0.29) is 28.9 Å². The first-order valence-corrected chi connectivity index (χ1v) is 13.1. The van der Waals surface area contributed by atoms with Crippen molar-refractivity contribution in [2.24, 2.45) is 0 Å². The Balaban J connectivity index is 1.52. The maximum atomic E-state index is 12.7. The summed E-state index contributed by atoms with van der Waals surface area (Å²) in [5.41, 5.74) is 0.691. The summed E-state index contributed by atoms with van der Waals surface area (Å²) >= 11 is 2.36. The number of hydrogen-bond acceptors (Lipinski definition) is 9. The molecule has 0 spiro atoms. The lowest BCUT2D eigenvalue weighted by atomic mass is 10.1. The van der Waals surface area contributed by atoms with Gasteiger partial charge < -0.3 is 10.1 Å². The van der Waals surface area contributed by atoms with Gasteiger partial charge in [0.05, 0.1) is 23.7 Å². The minimum Gasteiger partial charge on any atom is -0.465 e. The molecule has 9 nitrogen and oxygen atoms in total. The first-order valence-electron chi connectivity index (χ1n) is 9.89. The Labute approximate surface area is 189 Å². The molecule has 0 unspecified atom stereocenters. The van der Waals surface area contributed by atoms with Crippen LogP contribution in [0.25, 0.3) is 0 Å². The van der Waals surface area contributed by atoms with Crippen LogP contribution in [0.5, 0.6) is 0 Å². The van der Waals surface area contributed by atoms with Gasteiger partial charge in [0.2, 0.25) is 21.1 Å². The summed E-state index contributed by atoms with van der Waals surface area (Å²) in [6.07, 6.45) is 2.90. The summed E-state index contributed by atoms with van der Waals surface area (Å²) in [5, 5.41) is 10.8. The Morgan fingerprint density at radius 2 is 1.87 bits per heavy atom. The number of rotatable bonds is 9. The summed E-state index contributed by atoms with van der Waals surface area (Å²) in [7, 11) is -3.49. The Morgan fingerprint density at radius 3 is 2.55 bits per heavy atom. The number of benzene rings is 1. The van der Waals surface area contributed by atoms with Gasteiger partial charge in [0.15, 0.2) is 4.34 Å². The van der Waals surface area contributed by atoms with Gasteiger partial charge in [-0.25, -0.2) is 8.42 Å². The highest BCUT2D eigenvalue weighted by Gasteiger charge is 2.25. The number of piperidine rings is 1. The van der Waals surface area contributed by atoms with Gasteiger partial charge in [-0.3, -0.25) is 9.59 Å². The molecule has 0 bridgehead atoms. The predicted octanol–water partition coefficient (Wildman–Crippen LogP) is 2.55. The van der Waals surface area contributed by atoms with E-state index in [0.717, 1.165) is 19.3 Å². The van der Waals surface area contributed by atoms with Crippen LogP contribution < -0.4 is 5.32 Å². The zero-order valence-electron chi connectivity index (χ0n) is 17.1. The summed E-state index contributed by atoms with van der Waals surface area (Å²) in [5.74, 6) is -0.493. The highest BCUT2D eigenvalue weighted by molar-refractivity contribution is 8.01. The summed E-state index contributed by atoms with van der Waals surface area (Å²) < 4.78 is 32.3. The lowest BCUT2D eigenvalue weighted by Gasteiger charge is -2.25. The highest BCUT2D eigenvalue weighted by Crippen LogP contribution is 2.26. The van der Waals surface area contributed by atoms with Crippen LogP contribution in [0.1, 0.15) is 31.7 Å². The third-order valence-electron chi connectivity index (χ3n) is 4.51. The van der Waals surface area contributed by atoms with Crippen LogP contribution >= 0.6 is 23.1 Å².